The number of esters is 1. The molecular formula is C27H38N4O9. The van der Waals surface area contributed by atoms with Gasteiger partial charge in [-0.1, -0.05) is 13.0 Å². The summed E-state index contributed by atoms with van der Waals surface area (Å²) in [5, 5.41) is 17.0. The summed E-state index contributed by atoms with van der Waals surface area (Å²) in [4.78, 5) is 73.5. The Morgan fingerprint density at radius 3 is 2.23 bits per heavy atom. The molecule has 40 heavy (non-hydrogen) atoms. The number of carboxylic acid groups (broad SMARTS) is 1. The summed E-state index contributed by atoms with van der Waals surface area (Å²) in [6, 6.07) is 4.08. The molecule has 0 aromatic heterocycles. The zero-order chi connectivity index (χ0) is 30.2. The summed E-state index contributed by atoms with van der Waals surface area (Å²) < 4.78 is 10.8. The predicted octanol–water partition coefficient (Wildman–Crippen LogP) is 2.48. The van der Waals surface area contributed by atoms with Gasteiger partial charge in [-0.3, -0.25) is 34.0 Å². The van der Waals surface area contributed by atoms with E-state index < -0.39 is 53.3 Å². The van der Waals surface area contributed by atoms with Crippen LogP contribution in [0.2, 0.25) is 0 Å². The van der Waals surface area contributed by atoms with E-state index in [0.717, 1.165) is 10.0 Å². The number of anilines is 1. The van der Waals surface area contributed by atoms with Gasteiger partial charge in [0.2, 0.25) is 17.7 Å². The average Bonchev–Trinajstić information content (AvgIpc) is 2.80. The molecule has 1 aliphatic rings. The summed E-state index contributed by atoms with van der Waals surface area (Å²) >= 11 is 0. The Morgan fingerprint density at radius 1 is 1.07 bits per heavy atom. The van der Waals surface area contributed by atoms with E-state index in [9.17, 15) is 33.9 Å². The van der Waals surface area contributed by atoms with Crippen molar-refractivity contribution in [3.8, 4) is 5.75 Å². The van der Waals surface area contributed by atoms with Crippen molar-refractivity contribution >= 4 is 41.4 Å². The quantitative estimate of drug-likeness (QED) is 0.348. The molecule has 0 fully saturated rings. The first-order valence-corrected chi connectivity index (χ1v) is 13.0. The number of nitrogens with zero attached hydrogens (tertiary/aromatic N) is 2. The topological polar surface area (TPSA) is 172 Å². The zero-order valence-corrected chi connectivity index (χ0v) is 23.7. The highest BCUT2D eigenvalue weighted by atomic mass is 16.6. The molecule has 13 nitrogen and oxygen atoms in total. The molecule has 4 amide bonds. The molecular weight excluding hydrogens is 524 g/mol. The number of aliphatic carboxylic acids is 1. The molecule has 1 unspecified atom stereocenters. The van der Waals surface area contributed by atoms with Crippen LogP contribution in [0.15, 0.2) is 18.2 Å². The molecule has 0 saturated carbocycles. The van der Waals surface area contributed by atoms with Gasteiger partial charge in [-0.2, -0.15) is 0 Å². The van der Waals surface area contributed by atoms with Crippen molar-refractivity contribution in [3.63, 3.8) is 0 Å². The van der Waals surface area contributed by atoms with Gasteiger partial charge in [0.15, 0.2) is 5.75 Å². The van der Waals surface area contributed by atoms with Crippen molar-refractivity contribution in [3.05, 3.63) is 23.8 Å². The molecule has 0 radical (unpaired) electrons. The van der Waals surface area contributed by atoms with Crippen LogP contribution >= 0.6 is 0 Å². The minimum atomic E-state index is -1.02. The van der Waals surface area contributed by atoms with E-state index >= 15 is 0 Å². The Kier molecular flexibility index (Phi) is 11.0. The number of ether oxygens (including phenoxy) is 2. The first-order chi connectivity index (χ1) is 18.6. The lowest BCUT2D eigenvalue weighted by Crippen LogP contribution is -2.50. The Morgan fingerprint density at radius 2 is 1.68 bits per heavy atom. The number of fused-ring (bicyclic) bond motifs is 1. The van der Waals surface area contributed by atoms with Gasteiger partial charge in [0.05, 0.1) is 31.1 Å². The molecule has 0 spiro atoms. The van der Waals surface area contributed by atoms with Crippen LogP contribution in [0.1, 0.15) is 66.4 Å². The molecule has 1 aliphatic heterocycles. The summed E-state index contributed by atoms with van der Waals surface area (Å²) in [6.45, 7) is 8.98. The highest BCUT2D eigenvalue weighted by Crippen LogP contribution is 2.28. The maximum absolute atomic E-state index is 12.8. The first-order valence-electron chi connectivity index (χ1n) is 13.0. The van der Waals surface area contributed by atoms with Crippen LogP contribution in [-0.2, 0) is 35.1 Å². The number of rotatable bonds is 6. The fraction of sp³-hybridized carbons (Fsp3) is 0.556. The fourth-order valence-electron chi connectivity index (χ4n) is 4.06. The maximum Gasteiger partial charge on any atom is 0.407 e. The largest absolute Gasteiger partial charge is 0.481 e. The highest BCUT2D eigenvalue weighted by molar-refractivity contribution is 5.93. The molecule has 1 aromatic rings. The van der Waals surface area contributed by atoms with Crippen molar-refractivity contribution in [2.24, 2.45) is 5.92 Å². The lowest BCUT2D eigenvalue weighted by molar-refractivity contribution is -0.162. The minimum absolute atomic E-state index is 0.0797. The van der Waals surface area contributed by atoms with Crippen molar-refractivity contribution in [1.82, 2.24) is 15.3 Å². The standard InChI is InChI=1S/C27H38N4O9/c1-16(25(36)37)13-20(28-26(38)40-27(4,5)6)14-19-7-8-22-21(15-19)29-23(34)9-11-30(17(2)32)31(18(3)33)12-10-24(35)39-22/h7-8,15-16,20H,9-14H2,1-6H3,(H,28,38)(H,29,34)(H,36,37)/t16?,20-/m1/s1. The number of carbonyl (C=O) groups excluding carboxylic acids is 5. The van der Waals surface area contributed by atoms with Gasteiger partial charge in [-0.15, -0.1) is 0 Å². The molecule has 2 atom stereocenters. The second-order valence-electron chi connectivity index (χ2n) is 10.7. The second-order valence-corrected chi connectivity index (χ2v) is 10.7. The van der Waals surface area contributed by atoms with Crippen LogP contribution in [0.5, 0.6) is 5.75 Å². The number of hydrogen-bond acceptors (Lipinski definition) is 8. The third kappa shape index (κ3) is 10.2. The number of benzene rings is 1. The van der Waals surface area contributed by atoms with E-state index in [0.29, 0.717) is 5.56 Å². The molecule has 0 aliphatic carbocycles. The summed E-state index contributed by atoms with van der Waals surface area (Å²) in [5.74, 6) is -3.80. The van der Waals surface area contributed by atoms with Crippen LogP contribution in [0.4, 0.5) is 10.5 Å². The molecule has 1 aromatic carbocycles. The van der Waals surface area contributed by atoms with Crippen LogP contribution in [0, 0.1) is 5.92 Å². The number of alkyl carbamates (subject to hydrolysis) is 1. The summed E-state index contributed by atoms with van der Waals surface area (Å²) in [5.41, 5.74) is 0.0587. The Balaban J connectivity index is 2.33. The number of amides is 4. The number of nitrogens with one attached hydrogen (secondary N) is 2. The van der Waals surface area contributed by atoms with Crippen LogP contribution in [0.3, 0.4) is 0 Å². The van der Waals surface area contributed by atoms with Crippen LogP contribution < -0.4 is 15.4 Å². The van der Waals surface area contributed by atoms with Gasteiger partial charge in [-0.25, -0.2) is 4.79 Å². The van der Waals surface area contributed by atoms with Gasteiger partial charge in [0.1, 0.15) is 5.60 Å². The third-order valence-electron chi connectivity index (χ3n) is 5.90. The number of carbonyl (C=O) groups is 6. The zero-order valence-electron chi connectivity index (χ0n) is 23.7. The smallest absolute Gasteiger partial charge is 0.407 e. The molecule has 2 rings (SSSR count). The average molecular weight is 563 g/mol. The maximum atomic E-state index is 12.8. The number of carboxylic acids is 1. The Bertz CT molecular complexity index is 1150. The van der Waals surface area contributed by atoms with Crippen LogP contribution in [0.25, 0.3) is 0 Å². The van der Waals surface area contributed by atoms with E-state index in [4.69, 9.17) is 9.47 Å². The summed E-state index contributed by atoms with van der Waals surface area (Å²) in [6.07, 6.45) is -0.730. The first kappa shape index (κ1) is 32.1. The minimum Gasteiger partial charge on any atom is -0.481 e. The van der Waals surface area contributed by atoms with E-state index in [2.05, 4.69) is 10.6 Å². The van der Waals surface area contributed by atoms with E-state index in [1.165, 1.54) is 26.8 Å². The van der Waals surface area contributed by atoms with E-state index in [-0.39, 0.29) is 50.2 Å². The molecule has 1 heterocycles. The van der Waals surface area contributed by atoms with Gasteiger partial charge >= 0.3 is 18.0 Å². The van der Waals surface area contributed by atoms with Crippen molar-refractivity contribution < 1.29 is 43.3 Å². The highest BCUT2D eigenvalue weighted by Gasteiger charge is 2.26. The SMILES string of the molecule is CC(=O)N1CCC(=O)Nc2cc(C[C@@H](CC(C)C(=O)O)NC(=O)OC(C)(C)C)ccc2OC(=O)CCN1C(C)=O. The lowest BCUT2D eigenvalue weighted by atomic mass is 9.96. The molecule has 3 N–H and O–H groups in total. The molecule has 0 saturated heterocycles. The van der Waals surface area contributed by atoms with Gasteiger partial charge in [0, 0.05) is 26.3 Å². The fourth-order valence-corrected chi connectivity index (χ4v) is 4.06. The predicted molar refractivity (Wildman–Crippen MR) is 143 cm³/mol. The summed E-state index contributed by atoms with van der Waals surface area (Å²) in [7, 11) is 0. The van der Waals surface area contributed by atoms with Crippen molar-refractivity contribution in [2.75, 3.05) is 18.4 Å². The van der Waals surface area contributed by atoms with E-state index in [1.54, 1.807) is 32.9 Å². The number of hydrogen-bond donors (Lipinski definition) is 3. The third-order valence-corrected chi connectivity index (χ3v) is 5.90. The second kappa shape index (κ2) is 13.8. The number of hydrazine groups is 1. The van der Waals surface area contributed by atoms with Crippen molar-refractivity contribution in [2.45, 2.75) is 78.9 Å². The van der Waals surface area contributed by atoms with Crippen LogP contribution in [-0.4, -0.2) is 75.6 Å². The molecule has 13 heteroatoms. The molecule has 220 valence electrons. The molecule has 0 bridgehead atoms. The normalized spacial score (nSPS) is 16.2. The lowest BCUT2D eigenvalue weighted by Gasteiger charge is -2.33. The van der Waals surface area contributed by atoms with Gasteiger partial charge < -0.3 is 25.2 Å². The van der Waals surface area contributed by atoms with Crippen molar-refractivity contribution in [1.29, 1.82) is 0 Å². The Labute approximate surface area is 233 Å². The van der Waals surface area contributed by atoms with Gasteiger partial charge in [-0.05, 0) is 51.3 Å². The Hall–Kier alpha value is -4.16. The monoisotopic (exact) mass is 562 g/mol. The van der Waals surface area contributed by atoms with Gasteiger partial charge in [0.25, 0.3) is 0 Å². The van der Waals surface area contributed by atoms with E-state index in [1.807, 2.05) is 0 Å².